The molecule has 0 amide bonds. The number of ether oxygens (including phenoxy) is 1. The maximum absolute atomic E-state index is 9.59. The van der Waals surface area contributed by atoms with Crippen molar-refractivity contribution in [3.63, 3.8) is 0 Å². The maximum atomic E-state index is 9.59. The predicted octanol–water partition coefficient (Wildman–Crippen LogP) is -3.66. The first-order valence-corrected chi connectivity index (χ1v) is 10.2. The fourth-order valence-corrected chi connectivity index (χ4v) is 2.23. The Bertz CT molecular complexity index is 335. The molecule has 0 saturated carbocycles. The number of aliphatic hydroxyl groups excluding tert-OH is 2. The molecule has 26 heavy (non-hydrogen) atoms. The van der Waals surface area contributed by atoms with E-state index in [4.69, 9.17) is 27.4 Å². The second kappa shape index (κ2) is 26.8. The molecular weight excluding hydrogens is 382 g/mol. The zero-order chi connectivity index (χ0) is 18.7. The molecule has 148 valence electrons. The van der Waals surface area contributed by atoms with Crippen molar-refractivity contribution in [2.24, 2.45) is 0 Å². The molecule has 10 heteroatoms. The Morgan fingerprint density at radius 3 is 1.65 bits per heavy atom. The molecule has 0 aromatic heterocycles. The third-order valence-electron chi connectivity index (χ3n) is 3.44. The maximum Gasteiger partial charge on any atom is 1.00 e. The summed E-state index contributed by atoms with van der Waals surface area (Å²) in [6, 6.07) is 0. The molecule has 0 radical (unpaired) electrons. The third-order valence-corrected chi connectivity index (χ3v) is 3.44. The molecule has 0 aliphatic rings. The van der Waals surface area contributed by atoms with Crippen LogP contribution in [0.15, 0.2) is 0 Å². The van der Waals surface area contributed by atoms with Crippen molar-refractivity contribution in [3.05, 3.63) is 0 Å². The van der Waals surface area contributed by atoms with Gasteiger partial charge in [0.2, 0.25) is 0 Å². The Hall–Kier alpha value is 1.75. The van der Waals surface area contributed by atoms with E-state index in [0.717, 1.165) is 12.8 Å². The van der Waals surface area contributed by atoms with Crippen LogP contribution in [0.25, 0.3) is 0 Å². The minimum Gasteiger partial charge on any atom is -0.759 e. The first-order chi connectivity index (χ1) is 11.3. The van der Waals surface area contributed by atoms with Gasteiger partial charge in [-0.05, 0) is 6.42 Å². The Morgan fingerprint density at radius 2 is 1.27 bits per heavy atom. The van der Waals surface area contributed by atoms with Crippen LogP contribution in [0.4, 0.5) is 0 Å². The average molecular weight is 416 g/mol. The summed E-state index contributed by atoms with van der Waals surface area (Å²) in [4.78, 5) is 0. The predicted molar refractivity (Wildman–Crippen MR) is 90.8 cm³/mol. The topological polar surface area (TPSA) is 130 Å². The van der Waals surface area contributed by atoms with Crippen LogP contribution in [-0.2, 0) is 15.1 Å². The van der Waals surface area contributed by atoms with E-state index in [-0.39, 0.29) is 71.8 Å². The van der Waals surface area contributed by atoms with E-state index < -0.39 is 10.4 Å². The second-order valence-corrected chi connectivity index (χ2v) is 6.65. The van der Waals surface area contributed by atoms with Crippen molar-refractivity contribution in [2.45, 2.75) is 83.7 Å². The van der Waals surface area contributed by atoms with Gasteiger partial charge in [-0.25, -0.2) is 0 Å². The molecule has 0 aliphatic heterocycles. The smallest absolute Gasteiger partial charge is 0.759 e. The van der Waals surface area contributed by atoms with E-state index in [1.165, 1.54) is 57.8 Å². The van der Waals surface area contributed by atoms with Gasteiger partial charge in [-0.3, -0.25) is 8.42 Å². The SMILES string of the molecule is CCCCCCCCCCCCC(O)COCCO.O=S(=O)([O-])[O-].[Na+].[Na+]. The molecule has 1 atom stereocenters. The van der Waals surface area contributed by atoms with Gasteiger partial charge in [0, 0.05) is 10.4 Å². The van der Waals surface area contributed by atoms with Crippen molar-refractivity contribution < 1.29 is 91.6 Å². The summed E-state index contributed by atoms with van der Waals surface area (Å²) in [5.41, 5.74) is 0. The average Bonchev–Trinajstić information content (AvgIpc) is 2.48. The first kappa shape index (κ1) is 35.2. The second-order valence-electron chi connectivity index (χ2n) is 5.83. The number of aliphatic hydroxyl groups is 2. The molecule has 0 bridgehead atoms. The molecule has 1 unspecified atom stereocenters. The molecule has 0 aromatic carbocycles. The Kier molecular flexibility index (Phi) is 36.2. The monoisotopic (exact) mass is 416 g/mol. The van der Waals surface area contributed by atoms with Gasteiger partial charge in [-0.15, -0.1) is 0 Å². The fraction of sp³-hybridized carbons (Fsp3) is 1.00. The largest absolute Gasteiger partial charge is 1.00 e. The number of hydrogen-bond donors (Lipinski definition) is 2. The van der Waals surface area contributed by atoms with Crippen molar-refractivity contribution in [1.82, 2.24) is 0 Å². The van der Waals surface area contributed by atoms with E-state index >= 15 is 0 Å². The summed E-state index contributed by atoms with van der Waals surface area (Å²) in [6.07, 6.45) is 13.6. The number of unbranched alkanes of at least 4 members (excludes halogenated alkanes) is 9. The van der Waals surface area contributed by atoms with Crippen molar-refractivity contribution >= 4 is 10.4 Å². The first-order valence-electron chi connectivity index (χ1n) is 8.84. The van der Waals surface area contributed by atoms with Crippen LogP contribution in [0.3, 0.4) is 0 Å². The molecule has 0 aliphatic carbocycles. The van der Waals surface area contributed by atoms with Gasteiger partial charge >= 0.3 is 59.1 Å². The van der Waals surface area contributed by atoms with Crippen LogP contribution in [0.1, 0.15) is 77.6 Å². The third kappa shape index (κ3) is 44.9. The Labute approximate surface area is 203 Å². The normalized spacial score (nSPS) is 11.6. The molecule has 0 saturated heterocycles. The summed E-state index contributed by atoms with van der Waals surface area (Å²) in [6.45, 7) is 2.97. The molecule has 0 spiro atoms. The van der Waals surface area contributed by atoms with Gasteiger partial charge in [0.05, 0.1) is 25.9 Å². The van der Waals surface area contributed by atoms with E-state index in [0.29, 0.717) is 13.2 Å². The fourth-order valence-electron chi connectivity index (χ4n) is 2.23. The quantitative estimate of drug-likeness (QED) is 0.122. The summed E-state index contributed by atoms with van der Waals surface area (Å²) < 4.78 is 39.2. The summed E-state index contributed by atoms with van der Waals surface area (Å²) in [7, 11) is -5.17. The Morgan fingerprint density at radius 1 is 0.885 bits per heavy atom. The van der Waals surface area contributed by atoms with E-state index in [1.807, 2.05) is 0 Å². The minimum atomic E-state index is -5.17. The molecule has 0 heterocycles. The number of hydrogen-bond acceptors (Lipinski definition) is 7. The van der Waals surface area contributed by atoms with Crippen molar-refractivity contribution in [3.8, 4) is 0 Å². The van der Waals surface area contributed by atoms with Crippen LogP contribution in [0.2, 0.25) is 0 Å². The van der Waals surface area contributed by atoms with Crippen LogP contribution < -0.4 is 59.1 Å². The molecule has 0 aromatic rings. The van der Waals surface area contributed by atoms with Gasteiger partial charge in [0.15, 0.2) is 0 Å². The van der Waals surface area contributed by atoms with Gasteiger partial charge < -0.3 is 24.1 Å². The molecular formula is C16H34Na2O7S. The summed E-state index contributed by atoms with van der Waals surface area (Å²) >= 11 is 0. The van der Waals surface area contributed by atoms with E-state index in [9.17, 15) is 5.11 Å². The van der Waals surface area contributed by atoms with E-state index in [1.54, 1.807) is 0 Å². The van der Waals surface area contributed by atoms with Crippen LogP contribution in [0, 0.1) is 0 Å². The standard InChI is InChI=1S/C16H34O3.2Na.H2O4S/c1-2-3-4-5-6-7-8-9-10-11-12-16(18)15-19-14-13-17;;;1-5(2,3)4/h16-18H,2-15H2,1H3;;;(H2,1,2,3,4)/q;2*+1;/p-2. The minimum absolute atomic E-state index is 0. The molecule has 2 N–H and O–H groups in total. The molecule has 0 fully saturated rings. The van der Waals surface area contributed by atoms with Crippen LogP contribution in [0.5, 0.6) is 0 Å². The zero-order valence-electron chi connectivity index (χ0n) is 16.8. The van der Waals surface area contributed by atoms with Crippen LogP contribution in [-0.4, -0.2) is 53.7 Å². The zero-order valence-corrected chi connectivity index (χ0v) is 21.6. The van der Waals surface area contributed by atoms with Crippen LogP contribution >= 0.6 is 0 Å². The summed E-state index contributed by atoms with van der Waals surface area (Å²) in [5.74, 6) is 0. The number of rotatable bonds is 15. The van der Waals surface area contributed by atoms with Crippen molar-refractivity contribution in [1.29, 1.82) is 0 Å². The van der Waals surface area contributed by atoms with Gasteiger partial charge in [0.25, 0.3) is 0 Å². The summed E-state index contributed by atoms with van der Waals surface area (Å²) in [5, 5.41) is 18.1. The van der Waals surface area contributed by atoms with Gasteiger partial charge in [-0.2, -0.15) is 0 Å². The van der Waals surface area contributed by atoms with Gasteiger partial charge in [-0.1, -0.05) is 71.1 Å². The van der Waals surface area contributed by atoms with Gasteiger partial charge in [0.1, 0.15) is 0 Å². The Balaban J connectivity index is -0.000000304. The van der Waals surface area contributed by atoms with E-state index in [2.05, 4.69) is 6.92 Å². The molecule has 7 nitrogen and oxygen atoms in total. The van der Waals surface area contributed by atoms with Crippen molar-refractivity contribution in [2.75, 3.05) is 19.8 Å². The molecule has 0 rings (SSSR count).